The lowest BCUT2D eigenvalue weighted by Crippen LogP contribution is -2.44. The number of hydrogen-bond donors (Lipinski definition) is 1. The van der Waals surface area contributed by atoms with Crippen molar-refractivity contribution < 1.29 is 19.0 Å². The lowest BCUT2D eigenvalue weighted by molar-refractivity contribution is 0.0403. The maximum atomic E-state index is 11.8. The second-order valence-corrected chi connectivity index (χ2v) is 6.13. The molecule has 0 aromatic heterocycles. The van der Waals surface area contributed by atoms with Crippen molar-refractivity contribution in [1.82, 2.24) is 5.32 Å². The summed E-state index contributed by atoms with van der Waals surface area (Å²) in [5, 5.41) is 2.81. The standard InChI is InChI=1S/C16H23NO4/c1-16(2,3)21-15(18)17-13(14-11-20-14)10-19-9-12-7-5-4-6-8-12/h4-8,13-14H,9-11H2,1-3H3,(H,17,18)/t13-,14-/m1/s1. The Morgan fingerprint density at radius 1 is 1.38 bits per heavy atom. The molecule has 1 amide bonds. The molecule has 5 nitrogen and oxygen atoms in total. The molecule has 5 heteroatoms. The molecular formula is C16H23NO4. The monoisotopic (exact) mass is 293 g/mol. The predicted octanol–water partition coefficient (Wildman–Crippen LogP) is 2.50. The fraction of sp³-hybridized carbons (Fsp3) is 0.562. The van der Waals surface area contributed by atoms with Crippen LogP contribution in [0.4, 0.5) is 4.79 Å². The van der Waals surface area contributed by atoms with Crippen LogP contribution in [0.5, 0.6) is 0 Å². The summed E-state index contributed by atoms with van der Waals surface area (Å²) in [6.45, 7) is 7.07. The van der Waals surface area contributed by atoms with Crippen LogP contribution in [0.3, 0.4) is 0 Å². The molecule has 1 N–H and O–H groups in total. The second-order valence-electron chi connectivity index (χ2n) is 6.13. The Balaban J connectivity index is 1.76. The minimum atomic E-state index is -0.510. The zero-order chi connectivity index (χ0) is 15.3. The third kappa shape index (κ3) is 6.14. The van der Waals surface area contributed by atoms with Crippen LogP contribution in [0.1, 0.15) is 26.3 Å². The highest BCUT2D eigenvalue weighted by atomic mass is 16.6. The Bertz CT molecular complexity index is 451. The highest BCUT2D eigenvalue weighted by molar-refractivity contribution is 5.68. The number of epoxide rings is 1. The molecule has 1 aromatic rings. The van der Waals surface area contributed by atoms with E-state index in [0.29, 0.717) is 19.8 Å². The molecule has 116 valence electrons. The van der Waals surface area contributed by atoms with Gasteiger partial charge in [-0.15, -0.1) is 0 Å². The fourth-order valence-corrected chi connectivity index (χ4v) is 1.87. The summed E-state index contributed by atoms with van der Waals surface area (Å²) in [5.41, 5.74) is 0.592. The van der Waals surface area contributed by atoms with Gasteiger partial charge in [0.2, 0.25) is 0 Å². The molecule has 2 rings (SSSR count). The molecule has 0 saturated carbocycles. The van der Waals surface area contributed by atoms with E-state index in [1.54, 1.807) is 0 Å². The van der Waals surface area contributed by atoms with E-state index in [-0.39, 0.29) is 12.1 Å². The van der Waals surface area contributed by atoms with Crippen LogP contribution in [-0.2, 0) is 20.8 Å². The largest absolute Gasteiger partial charge is 0.444 e. The van der Waals surface area contributed by atoms with Crippen molar-refractivity contribution in [2.75, 3.05) is 13.2 Å². The van der Waals surface area contributed by atoms with E-state index >= 15 is 0 Å². The molecule has 1 fully saturated rings. The van der Waals surface area contributed by atoms with Crippen molar-refractivity contribution in [3.8, 4) is 0 Å². The van der Waals surface area contributed by atoms with Gasteiger partial charge in [0.1, 0.15) is 11.7 Å². The third-order valence-electron chi connectivity index (χ3n) is 2.92. The second kappa shape index (κ2) is 6.91. The summed E-state index contributed by atoms with van der Waals surface area (Å²) in [6, 6.07) is 9.74. The molecule has 0 aliphatic carbocycles. The summed E-state index contributed by atoms with van der Waals surface area (Å²) in [5.74, 6) is 0. The van der Waals surface area contributed by atoms with Gasteiger partial charge in [-0.25, -0.2) is 4.79 Å². The van der Waals surface area contributed by atoms with Crippen molar-refractivity contribution in [3.05, 3.63) is 35.9 Å². The molecule has 2 atom stereocenters. The molecule has 1 saturated heterocycles. The number of benzene rings is 1. The minimum absolute atomic E-state index is 0.0216. The highest BCUT2D eigenvalue weighted by Gasteiger charge is 2.35. The average Bonchev–Trinajstić information content (AvgIpc) is 3.21. The maximum Gasteiger partial charge on any atom is 0.408 e. The smallest absolute Gasteiger partial charge is 0.408 e. The lowest BCUT2D eigenvalue weighted by Gasteiger charge is -2.23. The van der Waals surface area contributed by atoms with Gasteiger partial charge < -0.3 is 19.5 Å². The van der Waals surface area contributed by atoms with Crippen LogP contribution >= 0.6 is 0 Å². The van der Waals surface area contributed by atoms with Crippen LogP contribution in [0, 0.1) is 0 Å². The lowest BCUT2D eigenvalue weighted by atomic mass is 10.2. The molecule has 0 spiro atoms. The van der Waals surface area contributed by atoms with E-state index in [9.17, 15) is 4.79 Å². The summed E-state index contributed by atoms with van der Waals surface area (Å²) in [6.07, 6.45) is -0.417. The first-order chi connectivity index (χ1) is 9.94. The average molecular weight is 293 g/mol. The first-order valence-electron chi connectivity index (χ1n) is 7.17. The molecular weight excluding hydrogens is 270 g/mol. The van der Waals surface area contributed by atoms with Gasteiger partial charge in [0.05, 0.1) is 25.9 Å². The first-order valence-corrected chi connectivity index (χ1v) is 7.17. The van der Waals surface area contributed by atoms with Gasteiger partial charge in [-0.05, 0) is 26.3 Å². The van der Waals surface area contributed by atoms with Crippen molar-refractivity contribution in [1.29, 1.82) is 0 Å². The van der Waals surface area contributed by atoms with Crippen LogP contribution in [0.25, 0.3) is 0 Å². The molecule has 0 bridgehead atoms. The molecule has 0 unspecified atom stereocenters. The van der Waals surface area contributed by atoms with E-state index in [1.165, 1.54) is 0 Å². The van der Waals surface area contributed by atoms with Crippen LogP contribution < -0.4 is 5.32 Å². The third-order valence-corrected chi connectivity index (χ3v) is 2.92. The van der Waals surface area contributed by atoms with E-state index in [2.05, 4.69) is 5.32 Å². The Morgan fingerprint density at radius 2 is 2.05 bits per heavy atom. The van der Waals surface area contributed by atoms with E-state index < -0.39 is 11.7 Å². The number of alkyl carbamates (subject to hydrolysis) is 1. The molecule has 0 radical (unpaired) electrons. The summed E-state index contributed by atoms with van der Waals surface area (Å²) >= 11 is 0. The van der Waals surface area contributed by atoms with E-state index in [1.807, 2.05) is 51.1 Å². The minimum Gasteiger partial charge on any atom is -0.444 e. The number of carbonyl (C=O) groups is 1. The zero-order valence-electron chi connectivity index (χ0n) is 12.8. The first kappa shape index (κ1) is 15.8. The van der Waals surface area contributed by atoms with Gasteiger partial charge in [-0.3, -0.25) is 0 Å². The summed E-state index contributed by atoms with van der Waals surface area (Å²) in [4.78, 5) is 11.8. The number of carbonyl (C=O) groups excluding carboxylic acids is 1. The summed E-state index contributed by atoms with van der Waals surface area (Å²) in [7, 11) is 0. The van der Waals surface area contributed by atoms with Gasteiger partial charge in [-0.1, -0.05) is 30.3 Å². The maximum absolute atomic E-state index is 11.8. The molecule has 1 aliphatic rings. The Hall–Kier alpha value is -1.59. The number of nitrogens with one attached hydrogen (secondary N) is 1. The normalized spacial score (nSPS) is 18.9. The van der Waals surface area contributed by atoms with Gasteiger partial charge in [0.15, 0.2) is 0 Å². The predicted molar refractivity (Wildman–Crippen MR) is 79.0 cm³/mol. The highest BCUT2D eigenvalue weighted by Crippen LogP contribution is 2.16. The number of hydrogen-bond acceptors (Lipinski definition) is 4. The van der Waals surface area contributed by atoms with Gasteiger partial charge in [0, 0.05) is 0 Å². The number of rotatable bonds is 6. The van der Waals surface area contributed by atoms with E-state index in [4.69, 9.17) is 14.2 Å². The molecule has 1 aromatic carbocycles. The van der Waals surface area contributed by atoms with Crippen molar-refractivity contribution >= 4 is 6.09 Å². The Morgan fingerprint density at radius 3 is 2.62 bits per heavy atom. The van der Waals surface area contributed by atoms with Gasteiger partial charge in [0.25, 0.3) is 0 Å². The van der Waals surface area contributed by atoms with Crippen molar-refractivity contribution in [3.63, 3.8) is 0 Å². The van der Waals surface area contributed by atoms with Gasteiger partial charge >= 0.3 is 6.09 Å². The van der Waals surface area contributed by atoms with Crippen LogP contribution in [0.2, 0.25) is 0 Å². The fourth-order valence-electron chi connectivity index (χ4n) is 1.87. The van der Waals surface area contributed by atoms with E-state index in [0.717, 1.165) is 5.56 Å². The molecule has 21 heavy (non-hydrogen) atoms. The Kier molecular flexibility index (Phi) is 5.20. The SMILES string of the molecule is CC(C)(C)OC(=O)N[C@H](COCc1ccccc1)[C@H]1CO1. The van der Waals surface area contributed by atoms with Crippen LogP contribution in [0.15, 0.2) is 30.3 Å². The topological polar surface area (TPSA) is 60.1 Å². The quantitative estimate of drug-likeness (QED) is 0.819. The van der Waals surface area contributed by atoms with Crippen LogP contribution in [-0.4, -0.2) is 37.1 Å². The Labute approximate surface area is 125 Å². The van der Waals surface area contributed by atoms with Gasteiger partial charge in [-0.2, -0.15) is 0 Å². The zero-order valence-corrected chi connectivity index (χ0v) is 12.8. The van der Waals surface area contributed by atoms with Crippen molar-refractivity contribution in [2.24, 2.45) is 0 Å². The molecule has 1 heterocycles. The van der Waals surface area contributed by atoms with Crippen molar-refractivity contribution in [2.45, 2.75) is 45.1 Å². The molecule has 1 aliphatic heterocycles. The number of amides is 1. The number of ether oxygens (including phenoxy) is 3. The summed E-state index contributed by atoms with van der Waals surface area (Å²) < 4.78 is 16.2.